The molecule has 1 saturated heterocycles. The summed E-state index contributed by atoms with van der Waals surface area (Å²) in [6, 6.07) is 4.24. The Morgan fingerprint density at radius 2 is 1.74 bits per heavy atom. The number of carbonyl (C=O) groups is 1. The largest absolute Gasteiger partial charge is 0.352 e. The minimum atomic E-state index is 0.270. The molecule has 0 aromatic carbocycles. The Bertz CT molecular complexity index is 612. The van der Waals surface area contributed by atoms with Gasteiger partial charge in [-0.2, -0.15) is 5.10 Å². The lowest BCUT2D eigenvalue weighted by molar-refractivity contribution is -0.137. The van der Waals surface area contributed by atoms with E-state index in [1.165, 1.54) is 44.9 Å². The highest BCUT2D eigenvalue weighted by Gasteiger charge is 2.31. The summed E-state index contributed by atoms with van der Waals surface area (Å²) in [5.41, 5.74) is 1.14. The molecule has 0 radical (unpaired) electrons. The molecule has 2 saturated carbocycles. The van der Waals surface area contributed by atoms with Gasteiger partial charge in [-0.05, 0) is 56.6 Å². The van der Waals surface area contributed by atoms with E-state index in [9.17, 15) is 4.79 Å². The van der Waals surface area contributed by atoms with Crippen molar-refractivity contribution in [3.8, 4) is 0 Å². The van der Waals surface area contributed by atoms with Crippen LogP contribution in [0.2, 0.25) is 0 Å². The minimum Gasteiger partial charge on any atom is -0.352 e. The third-order valence-corrected chi connectivity index (χ3v) is 6.74. The summed E-state index contributed by atoms with van der Waals surface area (Å²) < 4.78 is 0. The number of anilines is 1. The Morgan fingerprint density at radius 3 is 2.33 bits per heavy atom. The molecule has 1 amide bonds. The van der Waals surface area contributed by atoms with Crippen LogP contribution >= 0.6 is 0 Å². The number of piperazine rings is 1. The fraction of sp³-hybridized carbons (Fsp3) is 0.773. The zero-order valence-corrected chi connectivity index (χ0v) is 16.8. The zero-order valence-electron chi connectivity index (χ0n) is 16.8. The summed E-state index contributed by atoms with van der Waals surface area (Å²) in [6.45, 7) is 5.65. The van der Waals surface area contributed by atoms with Crippen LogP contribution in [-0.2, 0) is 4.79 Å². The molecule has 1 aromatic heterocycles. The molecule has 0 spiro atoms. The van der Waals surface area contributed by atoms with Crippen molar-refractivity contribution in [1.29, 1.82) is 0 Å². The lowest BCUT2D eigenvalue weighted by Crippen LogP contribution is -2.51. The maximum atomic E-state index is 12.9. The highest BCUT2D eigenvalue weighted by Crippen LogP contribution is 2.38. The van der Waals surface area contributed by atoms with Gasteiger partial charge < -0.3 is 9.80 Å². The molecule has 27 heavy (non-hydrogen) atoms. The van der Waals surface area contributed by atoms with E-state index in [0.29, 0.717) is 11.8 Å². The molecule has 3 aliphatic rings. The maximum absolute atomic E-state index is 12.9. The predicted molar refractivity (Wildman–Crippen MR) is 108 cm³/mol. The Labute approximate surface area is 163 Å². The van der Waals surface area contributed by atoms with E-state index in [2.05, 4.69) is 39.1 Å². The third-order valence-electron chi connectivity index (χ3n) is 6.74. The second-order valence-electron chi connectivity index (χ2n) is 8.76. The Balaban J connectivity index is 1.23. The van der Waals surface area contributed by atoms with Gasteiger partial charge in [0.25, 0.3) is 0 Å². The monoisotopic (exact) mass is 370 g/mol. The highest BCUT2D eigenvalue weighted by molar-refractivity contribution is 5.79. The van der Waals surface area contributed by atoms with E-state index in [0.717, 1.165) is 56.5 Å². The van der Waals surface area contributed by atoms with Crippen molar-refractivity contribution in [3.63, 3.8) is 0 Å². The van der Waals surface area contributed by atoms with E-state index < -0.39 is 0 Å². The van der Waals surface area contributed by atoms with Crippen molar-refractivity contribution in [1.82, 2.24) is 15.1 Å². The summed E-state index contributed by atoms with van der Waals surface area (Å²) in [4.78, 5) is 17.3. The van der Waals surface area contributed by atoms with Crippen LogP contribution in [0.4, 0.5) is 5.82 Å². The summed E-state index contributed by atoms with van der Waals surface area (Å²) in [5.74, 6) is 3.15. The van der Waals surface area contributed by atoms with E-state index in [1.54, 1.807) is 0 Å². The quantitative estimate of drug-likeness (QED) is 0.759. The topological polar surface area (TPSA) is 49.3 Å². The number of hydrogen-bond acceptors (Lipinski definition) is 4. The number of unbranched alkanes of at least 4 members (excludes halogenated alkanes) is 1. The highest BCUT2D eigenvalue weighted by atomic mass is 16.2. The van der Waals surface area contributed by atoms with Crippen LogP contribution in [0.3, 0.4) is 0 Å². The van der Waals surface area contributed by atoms with Gasteiger partial charge in [0, 0.05) is 38.0 Å². The molecule has 1 aromatic rings. The van der Waals surface area contributed by atoms with Crippen molar-refractivity contribution in [2.24, 2.45) is 11.8 Å². The maximum Gasteiger partial charge on any atom is 0.225 e. The Hall–Kier alpha value is -1.65. The second kappa shape index (κ2) is 8.57. The predicted octanol–water partition coefficient (Wildman–Crippen LogP) is 4.00. The van der Waals surface area contributed by atoms with Crippen molar-refractivity contribution in [3.05, 3.63) is 17.8 Å². The molecule has 4 rings (SSSR count). The average Bonchev–Trinajstić information content (AvgIpc) is 3.58. The lowest BCUT2D eigenvalue weighted by Gasteiger charge is -2.38. The van der Waals surface area contributed by atoms with Gasteiger partial charge in [-0.1, -0.05) is 26.2 Å². The number of nitrogens with zero attached hydrogens (tertiary/aromatic N) is 4. The van der Waals surface area contributed by atoms with E-state index >= 15 is 0 Å². The molecule has 0 N–H and O–H groups in total. The van der Waals surface area contributed by atoms with E-state index in [1.807, 2.05) is 0 Å². The first-order valence-electron chi connectivity index (χ1n) is 11.1. The Kier molecular flexibility index (Phi) is 5.94. The van der Waals surface area contributed by atoms with Gasteiger partial charge in [-0.3, -0.25) is 4.79 Å². The number of rotatable bonds is 6. The molecule has 0 atom stereocenters. The van der Waals surface area contributed by atoms with Gasteiger partial charge in [-0.25, -0.2) is 0 Å². The zero-order chi connectivity index (χ0) is 18.6. The average molecular weight is 371 g/mol. The SMILES string of the molecule is CCCCC1CCC(C(=O)N2CCN(c3ccc(C4CC4)nn3)CC2)CC1. The first-order valence-corrected chi connectivity index (χ1v) is 11.1. The molecule has 2 heterocycles. The number of hydrogen-bond donors (Lipinski definition) is 0. The van der Waals surface area contributed by atoms with Crippen LogP contribution in [0.15, 0.2) is 12.1 Å². The first kappa shape index (κ1) is 18.7. The fourth-order valence-electron chi connectivity index (χ4n) is 4.71. The lowest BCUT2D eigenvalue weighted by atomic mass is 9.79. The van der Waals surface area contributed by atoms with Gasteiger partial charge in [-0.15, -0.1) is 5.10 Å². The summed E-state index contributed by atoms with van der Waals surface area (Å²) in [7, 11) is 0. The van der Waals surface area contributed by atoms with Crippen LogP contribution < -0.4 is 4.90 Å². The minimum absolute atomic E-state index is 0.270. The molecule has 148 valence electrons. The van der Waals surface area contributed by atoms with Crippen LogP contribution in [0.25, 0.3) is 0 Å². The van der Waals surface area contributed by atoms with E-state index in [4.69, 9.17) is 0 Å². The summed E-state index contributed by atoms with van der Waals surface area (Å²) in [5, 5.41) is 8.83. The molecule has 1 aliphatic heterocycles. The summed E-state index contributed by atoms with van der Waals surface area (Å²) in [6.07, 6.45) is 11.2. The van der Waals surface area contributed by atoms with Crippen molar-refractivity contribution in [2.45, 2.75) is 70.6 Å². The molecule has 3 fully saturated rings. The van der Waals surface area contributed by atoms with Gasteiger partial charge >= 0.3 is 0 Å². The molecular weight excluding hydrogens is 336 g/mol. The molecule has 0 unspecified atom stereocenters. The second-order valence-corrected chi connectivity index (χ2v) is 8.76. The number of aromatic nitrogens is 2. The standard InChI is InChI=1S/C22H34N4O/c1-2-3-4-17-5-7-19(8-6-17)22(27)26-15-13-25(14-16-26)21-12-11-20(23-24-21)18-9-10-18/h11-12,17-19H,2-10,13-16H2,1H3. The normalized spacial score (nSPS) is 26.3. The number of amides is 1. The van der Waals surface area contributed by atoms with Crippen LogP contribution in [0, 0.1) is 11.8 Å². The van der Waals surface area contributed by atoms with Crippen molar-refractivity contribution >= 4 is 11.7 Å². The van der Waals surface area contributed by atoms with Crippen LogP contribution in [0.5, 0.6) is 0 Å². The van der Waals surface area contributed by atoms with E-state index in [-0.39, 0.29) is 5.92 Å². The van der Waals surface area contributed by atoms with Crippen molar-refractivity contribution < 1.29 is 4.79 Å². The van der Waals surface area contributed by atoms with Gasteiger partial charge in [0.2, 0.25) is 5.91 Å². The molecule has 2 aliphatic carbocycles. The molecular formula is C22H34N4O. The molecule has 0 bridgehead atoms. The van der Waals surface area contributed by atoms with Gasteiger partial charge in [0.05, 0.1) is 5.69 Å². The summed E-state index contributed by atoms with van der Waals surface area (Å²) >= 11 is 0. The smallest absolute Gasteiger partial charge is 0.225 e. The Morgan fingerprint density at radius 1 is 1.00 bits per heavy atom. The van der Waals surface area contributed by atoms with Crippen molar-refractivity contribution in [2.75, 3.05) is 31.1 Å². The third kappa shape index (κ3) is 4.61. The van der Waals surface area contributed by atoms with Gasteiger partial charge in [0.1, 0.15) is 0 Å². The van der Waals surface area contributed by atoms with Crippen LogP contribution in [-0.4, -0.2) is 47.2 Å². The number of carbonyl (C=O) groups excluding carboxylic acids is 1. The fourth-order valence-corrected chi connectivity index (χ4v) is 4.71. The first-order chi connectivity index (χ1) is 13.2. The van der Waals surface area contributed by atoms with Gasteiger partial charge in [0.15, 0.2) is 5.82 Å². The molecule has 5 heteroatoms. The molecule has 5 nitrogen and oxygen atoms in total. The van der Waals surface area contributed by atoms with Crippen LogP contribution in [0.1, 0.15) is 76.3 Å².